The van der Waals surface area contributed by atoms with Crippen LogP contribution in [-0.2, 0) is 20.7 Å². The van der Waals surface area contributed by atoms with E-state index in [1.807, 2.05) is 24.0 Å². The van der Waals surface area contributed by atoms with Gasteiger partial charge in [0.1, 0.15) is 0 Å². The van der Waals surface area contributed by atoms with Crippen molar-refractivity contribution in [2.45, 2.75) is 51.2 Å². The predicted octanol–water partition coefficient (Wildman–Crippen LogP) is 1.70. The number of piperidine rings is 1. The summed E-state index contributed by atoms with van der Waals surface area (Å²) >= 11 is 0. The Morgan fingerprint density at radius 2 is 1.63 bits per heavy atom. The van der Waals surface area contributed by atoms with Gasteiger partial charge in [0.15, 0.2) is 5.60 Å². The molecule has 1 aromatic rings. The van der Waals surface area contributed by atoms with Gasteiger partial charge in [-0.25, -0.2) is 4.79 Å². The highest BCUT2D eigenvalue weighted by Crippen LogP contribution is 2.30. The quantitative estimate of drug-likeness (QED) is 0.706. The molecule has 0 unspecified atom stereocenters. The molecule has 0 aliphatic carbocycles. The smallest absolute Gasteiger partial charge is 0.339 e. The summed E-state index contributed by atoms with van der Waals surface area (Å²) in [5, 5.41) is 0. The number of hydrogen-bond donors (Lipinski definition) is 0. The van der Waals surface area contributed by atoms with E-state index in [4.69, 9.17) is 4.74 Å². The Balaban J connectivity index is 1.36. The van der Waals surface area contributed by atoms with Crippen molar-refractivity contribution >= 4 is 17.8 Å². The van der Waals surface area contributed by atoms with E-state index < -0.39 is 11.6 Å². The molecule has 30 heavy (non-hydrogen) atoms. The summed E-state index contributed by atoms with van der Waals surface area (Å²) in [6.07, 6.45) is 3.76. The van der Waals surface area contributed by atoms with Crippen molar-refractivity contribution in [2.75, 3.05) is 39.3 Å². The first-order chi connectivity index (χ1) is 14.4. The maximum Gasteiger partial charge on any atom is 0.339 e. The van der Waals surface area contributed by atoms with E-state index in [1.54, 1.807) is 24.0 Å². The molecule has 2 saturated heterocycles. The van der Waals surface area contributed by atoms with Crippen molar-refractivity contribution in [3.05, 3.63) is 35.4 Å². The zero-order valence-corrected chi connectivity index (χ0v) is 17.9. The molecule has 0 saturated carbocycles. The van der Waals surface area contributed by atoms with Crippen molar-refractivity contribution in [3.8, 4) is 0 Å². The average Bonchev–Trinajstić information content (AvgIpc) is 2.78. The second-order valence-electron chi connectivity index (χ2n) is 8.84. The van der Waals surface area contributed by atoms with Crippen LogP contribution in [0.2, 0.25) is 0 Å². The van der Waals surface area contributed by atoms with Crippen molar-refractivity contribution < 1.29 is 19.1 Å². The molecule has 2 atom stereocenters. The van der Waals surface area contributed by atoms with Gasteiger partial charge in [0.2, 0.25) is 5.91 Å². The number of piperazine rings is 1. The van der Waals surface area contributed by atoms with Crippen molar-refractivity contribution in [3.63, 3.8) is 0 Å². The van der Waals surface area contributed by atoms with Gasteiger partial charge in [-0.1, -0.05) is 18.2 Å². The number of rotatable bonds is 3. The summed E-state index contributed by atoms with van der Waals surface area (Å²) in [7, 11) is 0. The van der Waals surface area contributed by atoms with E-state index in [0.717, 1.165) is 31.5 Å². The number of cyclic esters (lactones) is 1. The van der Waals surface area contributed by atoms with E-state index >= 15 is 0 Å². The van der Waals surface area contributed by atoms with E-state index in [2.05, 4.69) is 4.90 Å². The minimum atomic E-state index is -1.18. The van der Waals surface area contributed by atoms with Crippen molar-refractivity contribution in [2.24, 2.45) is 0 Å². The van der Waals surface area contributed by atoms with Crippen LogP contribution in [0.15, 0.2) is 24.3 Å². The Morgan fingerprint density at radius 3 is 2.33 bits per heavy atom. The van der Waals surface area contributed by atoms with Crippen LogP contribution < -0.4 is 0 Å². The molecular weight excluding hydrogens is 382 g/mol. The Bertz CT molecular complexity index is 827. The fraction of sp³-hybridized carbons (Fsp3) is 0.609. The molecule has 0 bridgehead atoms. The Hall–Kier alpha value is -2.41. The van der Waals surface area contributed by atoms with Crippen LogP contribution in [0.5, 0.6) is 0 Å². The molecular formula is C23H31N3O4. The van der Waals surface area contributed by atoms with Gasteiger partial charge in [-0.2, -0.15) is 0 Å². The number of esters is 1. The van der Waals surface area contributed by atoms with E-state index in [-0.39, 0.29) is 17.9 Å². The molecule has 1 aromatic carbocycles. The fourth-order valence-corrected chi connectivity index (χ4v) is 4.83. The van der Waals surface area contributed by atoms with Gasteiger partial charge in [0.25, 0.3) is 5.91 Å². The van der Waals surface area contributed by atoms with Gasteiger partial charge in [-0.3, -0.25) is 14.5 Å². The highest BCUT2D eigenvalue weighted by atomic mass is 16.6. The molecule has 0 aromatic heterocycles. The monoisotopic (exact) mass is 413 g/mol. The van der Waals surface area contributed by atoms with Crippen LogP contribution in [0.3, 0.4) is 0 Å². The van der Waals surface area contributed by atoms with Gasteiger partial charge < -0.3 is 14.5 Å². The first kappa shape index (κ1) is 20.8. The van der Waals surface area contributed by atoms with Crippen molar-refractivity contribution in [1.82, 2.24) is 14.7 Å². The molecule has 7 heteroatoms. The van der Waals surface area contributed by atoms with Crippen LogP contribution in [-0.4, -0.2) is 83.4 Å². The summed E-state index contributed by atoms with van der Waals surface area (Å²) in [5.41, 5.74) is 0.213. The summed E-state index contributed by atoms with van der Waals surface area (Å²) in [6.45, 7) is 7.74. The SMILES string of the molecule is C[C@H](C(=O)N1CCCCC1)N1CCN(C(=O)[C@@]2(C)Cc3ccccc3C(=O)O2)CC1. The molecule has 2 amide bonds. The lowest BCUT2D eigenvalue weighted by Crippen LogP contribution is -2.60. The average molecular weight is 414 g/mol. The second kappa shape index (κ2) is 8.38. The lowest BCUT2D eigenvalue weighted by Gasteiger charge is -2.42. The first-order valence-corrected chi connectivity index (χ1v) is 11.0. The summed E-state index contributed by atoms with van der Waals surface area (Å²) in [5.74, 6) is -0.397. The summed E-state index contributed by atoms with van der Waals surface area (Å²) < 4.78 is 5.60. The van der Waals surface area contributed by atoms with Crippen LogP contribution in [0.25, 0.3) is 0 Å². The first-order valence-electron chi connectivity index (χ1n) is 11.0. The highest BCUT2D eigenvalue weighted by Gasteiger charge is 2.45. The maximum atomic E-state index is 13.2. The number of likely N-dealkylation sites (tertiary alicyclic amines) is 1. The van der Waals surface area contributed by atoms with Crippen LogP contribution in [0.4, 0.5) is 0 Å². The number of nitrogens with zero attached hydrogens (tertiary/aromatic N) is 3. The molecule has 3 aliphatic heterocycles. The van der Waals surface area contributed by atoms with Gasteiger partial charge in [-0.15, -0.1) is 0 Å². The largest absolute Gasteiger partial charge is 0.445 e. The van der Waals surface area contributed by atoms with E-state index in [0.29, 0.717) is 38.2 Å². The number of carbonyl (C=O) groups is 3. The normalized spacial score (nSPS) is 26.0. The van der Waals surface area contributed by atoms with Gasteiger partial charge in [-0.05, 0) is 44.7 Å². The van der Waals surface area contributed by atoms with Crippen LogP contribution in [0.1, 0.15) is 49.0 Å². The third kappa shape index (κ3) is 3.95. The van der Waals surface area contributed by atoms with Crippen LogP contribution in [0, 0.1) is 0 Å². The zero-order valence-electron chi connectivity index (χ0n) is 17.9. The van der Waals surface area contributed by atoms with Crippen LogP contribution >= 0.6 is 0 Å². The van der Waals surface area contributed by atoms with E-state index in [1.165, 1.54) is 6.42 Å². The molecule has 7 nitrogen and oxygen atoms in total. The lowest BCUT2D eigenvalue weighted by molar-refractivity contribution is -0.153. The van der Waals surface area contributed by atoms with Crippen molar-refractivity contribution in [1.29, 1.82) is 0 Å². The second-order valence-corrected chi connectivity index (χ2v) is 8.84. The molecule has 4 rings (SSSR count). The number of benzene rings is 1. The molecule has 3 aliphatic rings. The predicted molar refractivity (Wildman–Crippen MR) is 112 cm³/mol. The lowest BCUT2D eigenvalue weighted by atomic mass is 9.88. The molecule has 162 valence electrons. The fourth-order valence-electron chi connectivity index (χ4n) is 4.83. The number of carbonyl (C=O) groups excluding carboxylic acids is 3. The Morgan fingerprint density at radius 1 is 0.967 bits per heavy atom. The minimum absolute atomic E-state index is 0.153. The molecule has 0 radical (unpaired) electrons. The number of hydrogen-bond acceptors (Lipinski definition) is 5. The van der Waals surface area contributed by atoms with Gasteiger partial charge >= 0.3 is 5.97 Å². The maximum absolute atomic E-state index is 13.2. The Kier molecular flexibility index (Phi) is 5.82. The van der Waals surface area contributed by atoms with E-state index in [9.17, 15) is 14.4 Å². The minimum Gasteiger partial charge on any atom is -0.445 e. The zero-order chi connectivity index (χ0) is 21.3. The third-order valence-corrected chi connectivity index (χ3v) is 6.71. The topological polar surface area (TPSA) is 70.2 Å². The number of amides is 2. The molecule has 3 heterocycles. The highest BCUT2D eigenvalue weighted by molar-refractivity contribution is 5.97. The van der Waals surface area contributed by atoms with Gasteiger partial charge in [0.05, 0.1) is 11.6 Å². The molecule has 2 fully saturated rings. The number of ether oxygens (including phenoxy) is 1. The van der Waals surface area contributed by atoms with Gasteiger partial charge in [0, 0.05) is 45.7 Å². The Labute approximate surface area is 177 Å². The summed E-state index contributed by atoms with van der Waals surface area (Å²) in [6, 6.07) is 7.13. The summed E-state index contributed by atoms with van der Waals surface area (Å²) in [4.78, 5) is 44.4. The molecule has 0 spiro atoms. The molecule has 0 N–H and O–H groups in total. The third-order valence-electron chi connectivity index (χ3n) is 6.71. The standard InChI is InChI=1S/C23H31N3O4/c1-17(20(27)25-10-6-3-7-11-25)24-12-14-26(15-13-24)22(29)23(2)16-18-8-4-5-9-19(18)21(28)30-23/h4-5,8-9,17H,3,6-7,10-16H2,1-2H3/t17-,23-/m1/s1. The number of fused-ring (bicyclic) bond motifs is 1.